The van der Waals surface area contributed by atoms with Crippen LogP contribution < -0.4 is 0 Å². The molecule has 1 unspecified atom stereocenters. The first-order valence-electron chi connectivity index (χ1n) is 7.38. The van der Waals surface area contributed by atoms with Gasteiger partial charge in [0.2, 0.25) is 10.0 Å². The van der Waals surface area contributed by atoms with E-state index >= 15 is 0 Å². The lowest BCUT2D eigenvalue weighted by molar-refractivity contribution is -0.137. The molecule has 0 aromatic heterocycles. The Morgan fingerprint density at radius 3 is 2.19 bits per heavy atom. The van der Waals surface area contributed by atoms with E-state index in [1.807, 2.05) is 0 Å². The number of sulfonamides is 1. The summed E-state index contributed by atoms with van der Waals surface area (Å²) in [5, 5.41) is 0. The Hall–Kier alpha value is -2.52. The summed E-state index contributed by atoms with van der Waals surface area (Å²) in [5.41, 5.74) is -1.25. The van der Waals surface area contributed by atoms with E-state index in [0.29, 0.717) is 16.4 Å². The lowest BCUT2D eigenvalue weighted by Crippen LogP contribution is -2.51. The summed E-state index contributed by atoms with van der Waals surface area (Å²) < 4.78 is 63.7. The van der Waals surface area contributed by atoms with Gasteiger partial charge >= 0.3 is 6.18 Å². The van der Waals surface area contributed by atoms with E-state index in [2.05, 4.69) is 0 Å². The number of alkyl halides is 3. The minimum Gasteiger partial charge on any atom is -0.292 e. The van der Waals surface area contributed by atoms with E-state index in [4.69, 9.17) is 0 Å². The number of fused-ring (bicyclic) bond motifs is 1. The highest BCUT2D eigenvalue weighted by Gasteiger charge is 2.45. The van der Waals surface area contributed by atoms with Crippen molar-refractivity contribution in [2.24, 2.45) is 0 Å². The van der Waals surface area contributed by atoms with Crippen molar-refractivity contribution in [1.29, 1.82) is 0 Å². The van der Waals surface area contributed by atoms with Crippen molar-refractivity contribution in [2.75, 3.05) is 7.05 Å². The standard InChI is InChI=1S/C17H12F3NO4S/c1-21-14(15(22)10-6-8-11(9-7-10)17(18,19)20)16(23)12-4-2-3-5-13(12)26(21,24)25/h2-9,14H,1H3. The van der Waals surface area contributed by atoms with Crippen LogP contribution in [0.15, 0.2) is 53.4 Å². The van der Waals surface area contributed by atoms with Gasteiger partial charge in [-0.3, -0.25) is 9.59 Å². The van der Waals surface area contributed by atoms with Crippen molar-refractivity contribution in [1.82, 2.24) is 4.31 Å². The smallest absolute Gasteiger partial charge is 0.292 e. The number of Topliss-reactive ketones (excluding diaryl/α,β-unsaturated/α-hetero) is 2. The lowest BCUT2D eigenvalue weighted by Gasteiger charge is -2.31. The second-order valence-electron chi connectivity index (χ2n) is 5.72. The van der Waals surface area contributed by atoms with E-state index < -0.39 is 39.4 Å². The fourth-order valence-electron chi connectivity index (χ4n) is 2.77. The van der Waals surface area contributed by atoms with Crippen LogP contribution in [-0.4, -0.2) is 37.4 Å². The van der Waals surface area contributed by atoms with Crippen LogP contribution in [-0.2, 0) is 16.2 Å². The Kier molecular flexibility index (Phi) is 4.24. The lowest BCUT2D eigenvalue weighted by atomic mass is 9.95. The van der Waals surface area contributed by atoms with Gasteiger partial charge in [-0.1, -0.05) is 24.3 Å². The largest absolute Gasteiger partial charge is 0.416 e. The van der Waals surface area contributed by atoms with Gasteiger partial charge in [-0.25, -0.2) is 8.42 Å². The summed E-state index contributed by atoms with van der Waals surface area (Å²) in [6.45, 7) is 0. The number of carbonyl (C=O) groups is 2. The Labute approximate surface area is 147 Å². The maximum atomic E-state index is 12.7. The molecule has 0 saturated carbocycles. The molecular weight excluding hydrogens is 371 g/mol. The SMILES string of the molecule is CN1C(C(=O)c2ccc(C(F)(F)F)cc2)C(=O)c2ccccc2S1(=O)=O. The van der Waals surface area contributed by atoms with Crippen molar-refractivity contribution in [3.63, 3.8) is 0 Å². The molecule has 2 aromatic carbocycles. The molecule has 1 aliphatic rings. The molecule has 0 spiro atoms. The molecule has 0 amide bonds. The zero-order valence-electron chi connectivity index (χ0n) is 13.3. The number of rotatable bonds is 2. The van der Waals surface area contributed by atoms with Crippen molar-refractivity contribution < 1.29 is 31.2 Å². The van der Waals surface area contributed by atoms with Crippen LogP contribution in [0.2, 0.25) is 0 Å². The number of hydrogen-bond donors (Lipinski definition) is 0. The second-order valence-corrected chi connectivity index (χ2v) is 7.69. The van der Waals surface area contributed by atoms with Crippen LogP contribution in [0.25, 0.3) is 0 Å². The molecule has 3 rings (SSSR count). The molecule has 5 nitrogen and oxygen atoms in total. The van der Waals surface area contributed by atoms with E-state index in [0.717, 1.165) is 19.2 Å². The number of ketones is 2. The number of hydrogen-bond acceptors (Lipinski definition) is 4. The topological polar surface area (TPSA) is 71.5 Å². The summed E-state index contributed by atoms with van der Waals surface area (Å²) in [4.78, 5) is 25.1. The first-order valence-corrected chi connectivity index (χ1v) is 8.82. The molecule has 0 fully saturated rings. The van der Waals surface area contributed by atoms with E-state index in [1.165, 1.54) is 24.3 Å². The Morgan fingerprint density at radius 2 is 1.62 bits per heavy atom. The van der Waals surface area contributed by atoms with Crippen LogP contribution in [0, 0.1) is 0 Å². The Balaban J connectivity index is 2.04. The normalized spacial score (nSPS) is 19.8. The highest BCUT2D eigenvalue weighted by molar-refractivity contribution is 7.89. The summed E-state index contributed by atoms with van der Waals surface area (Å²) >= 11 is 0. The minimum absolute atomic E-state index is 0.115. The number of halogens is 3. The van der Waals surface area contributed by atoms with Crippen molar-refractivity contribution >= 4 is 21.6 Å². The molecule has 136 valence electrons. The molecule has 1 atom stereocenters. The third-order valence-electron chi connectivity index (χ3n) is 4.17. The molecule has 1 aliphatic heterocycles. The van der Waals surface area contributed by atoms with Gasteiger partial charge in [0.1, 0.15) is 0 Å². The maximum Gasteiger partial charge on any atom is 0.416 e. The maximum absolute atomic E-state index is 12.7. The fraction of sp³-hybridized carbons (Fsp3) is 0.176. The van der Waals surface area contributed by atoms with Crippen LogP contribution in [0.3, 0.4) is 0 Å². The zero-order chi connectivity index (χ0) is 19.3. The van der Waals surface area contributed by atoms with Crippen molar-refractivity contribution in [3.8, 4) is 0 Å². The molecule has 0 bridgehead atoms. The van der Waals surface area contributed by atoms with Gasteiger partial charge in [-0.15, -0.1) is 0 Å². The molecule has 9 heteroatoms. The predicted octanol–water partition coefficient (Wildman–Crippen LogP) is 2.77. The van der Waals surface area contributed by atoms with E-state index in [1.54, 1.807) is 0 Å². The van der Waals surface area contributed by atoms with Gasteiger partial charge in [0.15, 0.2) is 17.6 Å². The van der Waals surface area contributed by atoms with Crippen molar-refractivity contribution in [3.05, 3.63) is 65.2 Å². The predicted molar refractivity (Wildman–Crippen MR) is 85.3 cm³/mol. The van der Waals surface area contributed by atoms with Crippen LogP contribution in [0.5, 0.6) is 0 Å². The summed E-state index contributed by atoms with van der Waals surface area (Å²) in [6, 6.07) is 7.11. The molecule has 2 aromatic rings. The molecule has 0 radical (unpaired) electrons. The molecule has 26 heavy (non-hydrogen) atoms. The van der Waals surface area contributed by atoms with Gasteiger partial charge in [0.05, 0.1) is 10.5 Å². The van der Waals surface area contributed by atoms with Gasteiger partial charge in [-0.05, 0) is 24.3 Å². The van der Waals surface area contributed by atoms with E-state index in [-0.39, 0.29) is 16.0 Å². The van der Waals surface area contributed by atoms with E-state index in [9.17, 15) is 31.2 Å². The third-order valence-corrected chi connectivity index (χ3v) is 6.05. The summed E-state index contributed by atoms with van der Waals surface area (Å²) in [6.07, 6.45) is -4.57. The van der Waals surface area contributed by atoms with Gasteiger partial charge in [0.25, 0.3) is 0 Å². The third kappa shape index (κ3) is 2.82. The Morgan fingerprint density at radius 1 is 1.04 bits per heavy atom. The number of likely N-dealkylation sites (N-methyl/N-ethyl adjacent to an activating group) is 1. The summed E-state index contributed by atoms with van der Waals surface area (Å²) in [7, 11) is -2.98. The number of carbonyl (C=O) groups excluding carboxylic acids is 2. The van der Waals surface area contributed by atoms with Crippen LogP contribution in [0.1, 0.15) is 26.3 Å². The fourth-order valence-corrected chi connectivity index (χ4v) is 4.24. The Bertz CT molecular complexity index is 997. The average molecular weight is 383 g/mol. The minimum atomic E-state index is -4.57. The monoisotopic (exact) mass is 383 g/mol. The molecule has 0 aliphatic carbocycles. The average Bonchev–Trinajstić information content (AvgIpc) is 2.60. The van der Waals surface area contributed by atoms with Gasteiger partial charge < -0.3 is 0 Å². The first kappa shape index (κ1) is 18.3. The van der Waals surface area contributed by atoms with Crippen molar-refractivity contribution in [2.45, 2.75) is 17.1 Å². The van der Waals surface area contributed by atoms with Gasteiger partial charge in [-0.2, -0.15) is 17.5 Å². The molecule has 0 N–H and O–H groups in total. The highest BCUT2D eigenvalue weighted by Crippen LogP contribution is 2.32. The number of nitrogens with zero attached hydrogens (tertiary/aromatic N) is 1. The second kappa shape index (κ2) is 6.03. The first-order chi connectivity index (χ1) is 12.0. The molecule has 0 saturated heterocycles. The highest BCUT2D eigenvalue weighted by atomic mass is 32.2. The van der Waals surface area contributed by atoms with Crippen LogP contribution in [0.4, 0.5) is 13.2 Å². The van der Waals surface area contributed by atoms with Crippen LogP contribution >= 0.6 is 0 Å². The molecule has 1 heterocycles. The molecular formula is C17H12F3NO4S. The van der Waals surface area contributed by atoms with Gasteiger partial charge in [0, 0.05) is 18.2 Å². The quantitative estimate of drug-likeness (QED) is 0.591. The summed E-state index contributed by atoms with van der Waals surface area (Å²) in [5.74, 6) is -1.60. The number of benzene rings is 2. The zero-order valence-corrected chi connectivity index (χ0v) is 14.1.